The third kappa shape index (κ3) is 2.64. The van der Waals surface area contributed by atoms with Gasteiger partial charge in [-0.05, 0) is 26.1 Å². The zero-order valence-electron chi connectivity index (χ0n) is 10.9. The normalized spacial score (nSPS) is 25.1. The Morgan fingerprint density at radius 1 is 1.33 bits per heavy atom. The minimum atomic E-state index is -0.728. The van der Waals surface area contributed by atoms with Gasteiger partial charge < -0.3 is 10.0 Å². The van der Waals surface area contributed by atoms with Crippen LogP contribution in [0.5, 0.6) is 0 Å². The largest absolute Gasteiger partial charge is 0.481 e. The average Bonchev–Trinajstić information content (AvgIpc) is 2.35. The molecular formula is C14H20N2O2. The summed E-state index contributed by atoms with van der Waals surface area (Å²) < 4.78 is 0. The Bertz CT molecular complexity index is 408. The van der Waals surface area contributed by atoms with E-state index in [0.717, 1.165) is 13.1 Å². The van der Waals surface area contributed by atoms with E-state index >= 15 is 0 Å². The molecule has 1 aromatic rings. The average molecular weight is 248 g/mol. The molecular weight excluding hydrogens is 228 g/mol. The molecule has 0 unspecified atom stereocenters. The molecule has 0 bridgehead atoms. The summed E-state index contributed by atoms with van der Waals surface area (Å²) in [5.41, 5.74) is 1.17. The van der Waals surface area contributed by atoms with Gasteiger partial charge in [0.15, 0.2) is 0 Å². The number of para-hydroxylation sites is 1. The summed E-state index contributed by atoms with van der Waals surface area (Å²) in [4.78, 5) is 15.4. The van der Waals surface area contributed by atoms with Crippen LogP contribution in [0, 0.1) is 0 Å². The van der Waals surface area contributed by atoms with Crippen molar-refractivity contribution in [2.75, 3.05) is 25.0 Å². The summed E-state index contributed by atoms with van der Waals surface area (Å²) in [6, 6.07) is 10.5. The number of piperazine rings is 1. The highest BCUT2D eigenvalue weighted by Gasteiger charge is 2.33. The number of carboxylic acids is 1. The fourth-order valence-corrected chi connectivity index (χ4v) is 2.70. The Hall–Kier alpha value is -1.55. The Morgan fingerprint density at radius 2 is 2.00 bits per heavy atom. The molecule has 1 aromatic carbocycles. The van der Waals surface area contributed by atoms with Gasteiger partial charge in [-0.15, -0.1) is 0 Å². The van der Waals surface area contributed by atoms with Crippen molar-refractivity contribution in [1.29, 1.82) is 0 Å². The molecule has 1 N–H and O–H groups in total. The van der Waals surface area contributed by atoms with Crippen molar-refractivity contribution in [2.24, 2.45) is 0 Å². The van der Waals surface area contributed by atoms with Crippen LogP contribution in [0.1, 0.15) is 13.3 Å². The fraction of sp³-hybridized carbons (Fsp3) is 0.500. The topological polar surface area (TPSA) is 43.8 Å². The number of nitrogens with zero attached hydrogens (tertiary/aromatic N) is 2. The molecule has 1 fully saturated rings. The molecule has 4 heteroatoms. The smallest absolute Gasteiger partial charge is 0.305 e. The lowest BCUT2D eigenvalue weighted by Crippen LogP contribution is -2.57. The number of rotatable bonds is 3. The Morgan fingerprint density at radius 3 is 2.61 bits per heavy atom. The molecule has 1 heterocycles. The summed E-state index contributed by atoms with van der Waals surface area (Å²) in [5.74, 6) is -0.728. The van der Waals surface area contributed by atoms with Gasteiger partial charge in [0.1, 0.15) is 0 Å². The number of aliphatic carboxylic acids is 1. The van der Waals surface area contributed by atoms with Crippen molar-refractivity contribution in [1.82, 2.24) is 4.90 Å². The highest BCUT2D eigenvalue weighted by molar-refractivity contribution is 5.68. The maximum absolute atomic E-state index is 11.0. The van der Waals surface area contributed by atoms with Crippen LogP contribution in [-0.4, -0.2) is 48.2 Å². The van der Waals surface area contributed by atoms with Crippen LogP contribution in [0.3, 0.4) is 0 Å². The van der Waals surface area contributed by atoms with Crippen LogP contribution in [0.25, 0.3) is 0 Å². The number of hydrogen-bond acceptors (Lipinski definition) is 3. The van der Waals surface area contributed by atoms with Gasteiger partial charge in [-0.1, -0.05) is 18.2 Å². The maximum Gasteiger partial charge on any atom is 0.305 e. The minimum absolute atomic E-state index is 0.0662. The molecule has 1 aliphatic heterocycles. The van der Waals surface area contributed by atoms with Crippen molar-refractivity contribution in [3.63, 3.8) is 0 Å². The number of benzene rings is 1. The maximum atomic E-state index is 11.0. The highest BCUT2D eigenvalue weighted by atomic mass is 16.4. The van der Waals surface area contributed by atoms with Crippen molar-refractivity contribution >= 4 is 11.7 Å². The van der Waals surface area contributed by atoms with E-state index in [-0.39, 0.29) is 18.5 Å². The first-order valence-electron chi connectivity index (χ1n) is 6.33. The molecule has 2 rings (SSSR count). The van der Waals surface area contributed by atoms with Gasteiger partial charge in [0.05, 0.1) is 6.42 Å². The van der Waals surface area contributed by atoms with Crippen LogP contribution in [0.15, 0.2) is 30.3 Å². The lowest BCUT2D eigenvalue weighted by molar-refractivity contribution is -0.138. The van der Waals surface area contributed by atoms with Crippen molar-refractivity contribution in [3.05, 3.63) is 30.3 Å². The molecule has 4 nitrogen and oxygen atoms in total. The molecule has 0 radical (unpaired) electrons. The molecule has 1 saturated heterocycles. The van der Waals surface area contributed by atoms with Gasteiger partial charge in [-0.25, -0.2) is 0 Å². The molecule has 0 saturated carbocycles. The van der Waals surface area contributed by atoms with Gasteiger partial charge >= 0.3 is 5.97 Å². The molecule has 0 aliphatic carbocycles. The predicted octanol–water partition coefficient (Wildman–Crippen LogP) is 1.67. The van der Waals surface area contributed by atoms with Crippen LogP contribution >= 0.6 is 0 Å². The van der Waals surface area contributed by atoms with E-state index in [2.05, 4.69) is 28.9 Å². The molecule has 18 heavy (non-hydrogen) atoms. The summed E-state index contributed by atoms with van der Waals surface area (Å²) in [6.07, 6.45) is 0.195. The fourth-order valence-electron chi connectivity index (χ4n) is 2.70. The van der Waals surface area contributed by atoms with Crippen LogP contribution in [-0.2, 0) is 4.79 Å². The van der Waals surface area contributed by atoms with Gasteiger partial charge in [0, 0.05) is 30.9 Å². The lowest BCUT2D eigenvalue weighted by atomic mass is 9.99. The van der Waals surface area contributed by atoms with Crippen molar-refractivity contribution in [2.45, 2.75) is 25.4 Å². The SMILES string of the molecule is C[C@H]1[C@H](CC(=O)O)N(C)CCN1c1ccccc1. The quantitative estimate of drug-likeness (QED) is 0.883. The van der Waals surface area contributed by atoms with E-state index in [1.54, 1.807) is 0 Å². The minimum Gasteiger partial charge on any atom is -0.481 e. The first-order chi connectivity index (χ1) is 8.59. The monoisotopic (exact) mass is 248 g/mol. The lowest BCUT2D eigenvalue weighted by Gasteiger charge is -2.45. The Kier molecular flexibility index (Phi) is 3.87. The van der Waals surface area contributed by atoms with Crippen molar-refractivity contribution in [3.8, 4) is 0 Å². The van der Waals surface area contributed by atoms with Gasteiger partial charge in [-0.2, -0.15) is 0 Å². The predicted molar refractivity (Wildman–Crippen MR) is 71.9 cm³/mol. The van der Waals surface area contributed by atoms with Crippen molar-refractivity contribution < 1.29 is 9.90 Å². The zero-order valence-corrected chi connectivity index (χ0v) is 10.9. The van der Waals surface area contributed by atoms with Crippen LogP contribution in [0.2, 0.25) is 0 Å². The summed E-state index contributed by atoms with van der Waals surface area (Å²) in [5, 5.41) is 9.01. The molecule has 98 valence electrons. The van der Waals surface area contributed by atoms with Crippen LogP contribution < -0.4 is 4.90 Å². The summed E-state index contributed by atoms with van der Waals surface area (Å²) >= 11 is 0. The molecule has 0 spiro atoms. The number of anilines is 1. The molecule has 1 aliphatic rings. The van der Waals surface area contributed by atoms with Crippen LogP contribution in [0.4, 0.5) is 5.69 Å². The number of carboxylic acid groups (broad SMARTS) is 1. The van der Waals surface area contributed by atoms with Gasteiger partial charge in [-0.3, -0.25) is 9.69 Å². The van der Waals surface area contributed by atoms with Gasteiger partial charge in [0.25, 0.3) is 0 Å². The number of likely N-dealkylation sites (N-methyl/N-ethyl adjacent to an activating group) is 1. The standard InChI is InChI=1S/C14H20N2O2/c1-11-13(10-14(17)18)15(2)8-9-16(11)12-6-4-3-5-7-12/h3-7,11,13H,8-10H2,1-2H3,(H,17,18)/t11-,13-/m0/s1. The second kappa shape index (κ2) is 5.40. The molecule has 0 amide bonds. The zero-order chi connectivity index (χ0) is 13.1. The van der Waals surface area contributed by atoms with E-state index in [0.29, 0.717) is 0 Å². The van der Waals surface area contributed by atoms with E-state index in [9.17, 15) is 4.79 Å². The van der Waals surface area contributed by atoms with E-state index in [1.807, 2.05) is 25.2 Å². The second-order valence-electron chi connectivity index (χ2n) is 4.92. The van der Waals surface area contributed by atoms with E-state index in [4.69, 9.17) is 5.11 Å². The number of carbonyl (C=O) groups is 1. The first-order valence-corrected chi connectivity index (χ1v) is 6.33. The highest BCUT2D eigenvalue weighted by Crippen LogP contribution is 2.24. The van der Waals surface area contributed by atoms with Gasteiger partial charge in [0.2, 0.25) is 0 Å². The Balaban J connectivity index is 2.17. The summed E-state index contributed by atoms with van der Waals surface area (Å²) in [6.45, 7) is 3.95. The van der Waals surface area contributed by atoms with E-state index in [1.165, 1.54) is 5.69 Å². The first kappa shape index (κ1) is 12.9. The molecule has 0 aromatic heterocycles. The third-order valence-corrected chi connectivity index (χ3v) is 3.78. The third-order valence-electron chi connectivity index (χ3n) is 3.78. The Labute approximate surface area is 108 Å². The second-order valence-corrected chi connectivity index (χ2v) is 4.92. The number of hydrogen-bond donors (Lipinski definition) is 1. The summed E-state index contributed by atoms with van der Waals surface area (Å²) in [7, 11) is 2.01. The van der Waals surface area contributed by atoms with E-state index < -0.39 is 5.97 Å². The molecule has 2 atom stereocenters.